The maximum absolute atomic E-state index is 9.10. The van der Waals surface area contributed by atoms with Crippen LogP contribution in [0, 0.1) is 0 Å². The third-order valence-corrected chi connectivity index (χ3v) is 4.66. The third-order valence-electron chi connectivity index (χ3n) is 0.850. The van der Waals surface area contributed by atoms with Crippen LogP contribution in [0.5, 0.6) is 0 Å². The summed E-state index contributed by atoms with van der Waals surface area (Å²) in [6.45, 7) is 9.36. The average molecular weight is 295 g/mol. The molecule has 0 aliphatic heterocycles. The van der Waals surface area contributed by atoms with Gasteiger partial charge in [0.25, 0.3) is 0 Å². The average Bonchev–Trinajstić information content (AvgIpc) is 1.84. The van der Waals surface area contributed by atoms with Crippen molar-refractivity contribution in [2.45, 2.75) is 35.6 Å². The summed E-state index contributed by atoms with van der Waals surface area (Å²) in [5.41, 5.74) is 0. The van der Waals surface area contributed by atoms with Crippen molar-refractivity contribution in [1.29, 1.82) is 0 Å². The largest absolute Gasteiger partial charge is 0.473 e. The molecule has 0 aliphatic carbocycles. The molecule has 2 N–H and O–H groups in total. The maximum atomic E-state index is 9.10. The number of hydrogen-bond acceptors (Lipinski definition) is 2. The van der Waals surface area contributed by atoms with E-state index in [0.717, 1.165) is 7.87 Å². The van der Waals surface area contributed by atoms with Crippen LogP contribution < -0.4 is 0 Å². The van der Waals surface area contributed by atoms with Crippen molar-refractivity contribution < 1.29 is 19.8 Å². The van der Waals surface area contributed by atoms with Crippen LogP contribution in [0.15, 0.2) is 0 Å². The van der Waals surface area contributed by atoms with Gasteiger partial charge in [0, 0.05) is 0 Å². The Morgan fingerprint density at radius 1 is 0.923 bits per heavy atom. The molecule has 5 heteroatoms. The van der Waals surface area contributed by atoms with Gasteiger partial charge in [-0.3, -0.25) is 0 Å². The molecule has 0 aromatic rings. The molecule has 0 bridgehead atoms. The molecule has 0 fully saturated rings. The molecule has 2 radical (unpaired) electrons. The second-order valence-corrected chi connectivity index (χ2v) is 10.6. The normalized spacial score (nSPS) is 9.38. The summed E-state index contributed by atoms with van der Waals surface area (Å²) < 4.78 is 2.09. The topological polar surface area (TPSA) is 74.6 Å². The third kappa shape index (κ3) is 18.6. The summed E-state index contributed by atoms with van der Waals surface area (Å²) in [7, 11) is 0. The molecular weight excluding hydrogens is 279 g/mol. The van der Waals surface area contributed by atoms with Gasteiger partial charge in [-0.15, -0.1) is 0 Å². The van der Waals surface area contributed by atoms with Gasteiger partial charge in [0.15, 0.2) is 0 Å². The zero-order chi connectivity index (χ0) is 11.0. The Morgan fingerprint density at radius 2 is 1.15 bits per heavy atom. The number of carboxylic acids is 2. The van der Waals surface area contributed by atoms with Crippen molar-refractivity contribution in [3.63, 3.8) is 0 Å². The monoisotopic (exact) mass is 296 g/mol. The van der Waals surface area contributed by atoms with Gasteiger partial charge in [-0.05, 0) is 0 Å². The van der Waals surface area contributed by atoms with Crippen molar-refractivity contribution in [2.24, 2.45) is 0 Å². The van der Waals surface area contributed by atoms with Gasteiger partial charge in [0.1, 0.15) is 0 Å². The Bertz CT molecular complexity index is 148. The Balaban J connectivity index is 0. The summed E-state index contributed by atoms with van der Waals surface area (Å²) in [5, 5.41) is 14.8. The zero-order valence-corrected chi connectivity index (χ0v) is 11.2. The molecule has 0 aromatic heterocycles. The van der Waals surface area contributed by atoms with E-state index in [1.165, 1.54) is 0 Å². The van der Waals surface area contributed by atoms with Crippen molar-refractivity contribution in [3.05, 3.63) is 0 Å². The molecule has 0 aromatic carbocycles. The Labute approximate surface area is 88.6 Å². The van der Waals surface area contributed by atoms with Gasteiger partial charge >= 0.3 is 68.6 Å². The molecule has 0 saturated carbocycles. The predicted molar refractivity (Wildman–Crippen MR) is 51.2 cm³/mol. The smallest absolute Gasteiger partial charge is 0.414 e. The first-order chi connectivity index (χ1) is 5.77. The van der Waals surface area contributed by atoms with E-state index in [-0.39, 0.29) is 21.1 Å². The minimum absolute atomic E-state index is 0.0389. The van der Waals surface area contributed by atoms with Crippen LogP contribution in [0.1, 0.15) is 27.7 Å². The summed E-state index contributed by atoms with van der Waals surface area (Å²) in [5.74, 6) is -3.65. The molecule has 0 atom stereocenters. The molecular formula is C8H16O4Sn. The van der Waals surface area contributed by atoms with Crippen molar-refractivity contribution >= 4 is 33.1 Å². The van der Waals surface area contributed by atoms with Gasteiger partial charge < -0.3 is 10.2 Å². The Kier molecular flexibility index (Phi) is 9.77. The quantitative estimate of drug-likeness (QED) is 0.598. The minimum atomic E-state index is -1.82. The number of hydrogen-bond donors (Lipinski definition) is 2. The van der Waals surface area contributed by atoms with Crippen LogP contribution in [-0.2, 0) is 9.59 Å². The van der Waals surface area contributed by atoms with Crippen LogP contribution in [0.2, 0.25) is 7.87 Å². The van der Waals surface area contributed by atoms with E-state index < -0.39 is 11.9 Å². The Morgan fingerprint density at radius 3 is 1.15 bits per heavy atom. The minimum Gasteiger partial charge on any atom is -0.473 e. The van der Waals surface area contributed by atoms with E-state index in [2.05, 4.69) is 27.7 Å². The van der Waals surface area contributed by atoms with E-state index in [4.69, 9.17) is 19.8 Å². The fourth-order valence-corrected chi connectivity index (χ4v) is 4.47. The molecule has 0 saturated heterocycles. The molecule has 13 heavy (non-hydrogen) atoms. The summed E-state index contributed by atoms with van der Waals surface area (Å²) in [6, 6.07) is 0. The Hall–Kier alpha value is -0.261. The van der Waals surface area contributed by atoms with Gasteiger partial charge in [0.05, 0.1) is 0 Å². The molecule has 0 unspecified atom stereocenters. The van der Waals surface area contributed by atoms with Crippen LogP contribution in [0.25, 0.3) is 0 Å². The maximum Gasteiger partial charge on any atom is 0.414 e. The van der Waals surface area contributed by atoms with E-state index in [0.29, 0.717) is 0 Å². The van der Waals surface area contributed by atoms with Crippen LogP contribution in [-0.4, -0.2) is 43.3 Å². The van der Waals surface area contributed by atoms with Crippen molar-refractivity contribution in [3.8, 4) is 0 Å². The molecule has 0 heterocycles. The molecule has 0 aliphatic rings. The van der Waals surface area contributed by atoms with Gasteiger partial charge in [-0.2, -0.15) is 0 Å². The number of aliphatic carboxylic acids is 2. The first-order valence-corrected chi connectivity index (χ1v) is 7.29. The number of carbonyl (C=O) groups is 2. The van der Waals surface area contributed by atoms with Gasteiger partial charge in [-0.25, -0.2) is 9.59 Å². The second-order valence-electron chi connectivity index (χ2n) is 3.09. The summed E-state index contributed by atoms with van der Waals surface area (Å²) in [4.78, 5) is 18.2. The standard InChI is InChI=1S/2C3H7.C2H2O4.Sn/c2*1-3-2;3-1(4)2(5)6;/h2*3H,1-2H3;(H,3,4)(H,5,6);. The fourth-order valence-electron chi connectivity index (χ4n) is 0.667. The number of rotatable bonds is 2. The molecule has 0 amide bonds. The predicted octanol–water partition coefficient (Wildman–Crippen LogP) is 1.50. The van der Waals surface area contributed by atoms with Crippen molar-refractivity contribution in [2.75, 3.05) is 0 Å². The summed E-state index contributed by atoms with van der Waals surface area (Å²) >= 11 is 0.0389. The van der Waals surface area contributed by atoms with Crippen LogP contribution in [0.4, 0.5) is 0 Å². The molecule has 4 nitrogen and oxygen atoms in total. The fraction of sp³-hybridized carbons (Fsp3) is 0.750. The van der Waals surface area contributed by atoms with Crippen LogP contribution >= 0.6 is 0 Å². The summed E-state index contributed by atoms with van der Waals surface area (Å²) in [6.07, 6.45) is 0. The molecule has 0 spiro atoms. The molecule has 76 valence electrons. The first-order valence-electron chi connectivity index (χ1n) is 3.99. The molecule has 0 rings (SSSR count). The first kappa shape index (κ1) is 15.2. The van der Waals surface area contributed by atoms with Crippen LogP contribution in [0.3, 0.4) is 0 Å². The van der Waals surface area contributed by atoms with E-state index in [1.807, 2.05) is 0 Å². The number of carboxylic acid groups (broad SMARTS) is 2. The second kappa shape index (κ2) is 8.34. The van der Waals surface area contributed by atoms with Crippen molar-refractivity contribution in [1.82, 2.24) is 0 Å². The zero-order valence-electron chi connectivity index (χ0n) is 8.37. The SMILES string of the molecule is C[CH](C)[Sn][CH](C)C.O=C(O)C(=O)O. The van der Waals surface area contributed by atoms with E-state index in [9.17, 15) is 0 Å². The van der Waals surface area contributed by atoms with Gasteiger partial charge in [-0.1, -0.05) is 0 Å². The van der Waals surface area contributed by atoms with E-state index in [1.54, 1.807) is 0 Å². The van der Waals surface area contributed by atoms with E-state index >= 15 is 0 Å². The van der Waals surface area contributed by atoms with Gasteiger partial charge in [0.2, 0.25) is 0 Å².